The summed E-state index contributed by atoms with van der Waals surface area (Å²) in [6.07, 6.45) is 1.77. The highest BCUT2D eigenvalue weighted by Crippen LogP contribution is 2.31. The SMILES string of the molecule is CCOc1cc(/C=C(/C#N)c2nc3ccc(C)cc3[nH]2)ccc1OCc1ccc(Cl)c(Cl)c1. The minimum atomic E-state index is 0.313. The fourth-order valence-electron chi connectivity index (χ4n) is 3.36. The van der Waals surface area contributed by atoms with Gasteiger partial charge < -0.3 is 14.5 Å². The number of imidazole rings is 1. The molecule has 3 aromatic carbocycles. The first-order valence-corrected chi connectivity index (χ1v) is 11.1. The first kappa shape index (κ1) is 22.7. The molecular weight excluding hydrogens is 457 g/mol. The van der Waals surface area contributed by atoms with E-state index in [4.69, 9.17) is 32.7 Å². The van der Waals surface area contributed by atoms with Gasteiger partial charge in [-0.15, -0.1) is 0 Å². The zero-order valence-corrected chi connectivity index (χ0v) is 19.7. The number of aromatic nitrogens is 2. The Labute approximate surface area is 202 Å². The molecule has 0 aliphatic rings. The van der Waals surface area contributed by atoms with Crippen molar-refractivity contribution in [3.63, 3.8) is 0 Å². The molecule has 0 bridgehead atoms. The van der Waals surface area contributed by atoms with Gasteiger partial charge in [0.2, 0.25) is 0 Å². The van der Waals surface area contributed by atoms with Crippen molar-refractivity contribution in [1.82, 2.24) is 9.97 Å². The number of nitrogens with one attached hydrogen (secondary N) is 1. The van der Waals surface area contributed by atoms with Gasteiger partial charge in [0.15, 0.2) is 11.5 Å². The van der Waals surface area contributed by atoms with Crippen LogP contribution in [0.2, 0.25) is 10.0 Å². The molecule has 0 aliphatic heterocycles. The maximum absolute atomic E-state index is 9.75. The standard InChI is InChI=1S/C26H21Cl2N3O2/c1-3-32-25-13-17(6-9-24(25)33-15-18-5-7-20(27)21(28)12-18)11-19(14-29)26-30-22-8-4-16(2)10-23(22)31-26/h4-13H,3,15H2,1-2H3,(H,30,31)/b19-11-. The molecule has 0 unspecified atom stereocenters. The molecule has 0 fully saturated rings. The van der Waals surface area contributed by atoms with E-state index in [0.717, 1.165) is 27.7 Å². The lowest BCUT2D eigenvalue weighted by Crippen LogP contribution is -2.00. The smallest absolute Gasteiger partial charge is 0.161 e. The summed E-state index contributed by atoms with van der Waals surface area (Å²) >= 11 is 12.1. The van der Waals surface area contributed by atoms with Gasteiger partial charge in [-0.3, -0.25) is 0 Å². The average Bonchev–Trinajstić information content (AvgIpc) is 3.22. The van der Waals surface area contributed by atoms with E-state index in [-0.39, 0.29) is 0 Å². The van der Waals surface area contributed by atoms with Crippen LogP contribution in [0.25, 0.3) is 22.7 Å². The second-order valence-electron chi connectivity index (χ2n) is 7.45. The van der Waals surface area contributed by atoms with Gasteiger partial charge >= 0.3 is 0 Å². The topological polar surface area (TPSA) is 70.9 Å². The molecule has 7 heteroatoms. The van der Waals surface area contributed by atoms with Gasteiger partial charge in [-0.05, 0) is 73.0 Å². The van der Waals surface area contributed by atoms with E-state index in [0.29, 0.717) is 46.2 Å². The second kappa shape index (κ2) is 9.99. The van der Waals surface area contributed by atoms with Gasteiger partial charge in [-0.25, -0.2) is 4.98 Å². The Morgan fingerprint density at radius 1 is 1.03 bits per heavy atom. The highest BCUT2D eigenvalue weighted by molar-refractivity contribution is 6.42. The van der Waals surface area contributed by atoms with Crippen LogP contribution in [-0.4, -0.2) is 16.6 Å². The largest absolute Gasteiger partial charge is 0.490 e. The van der Waals surface area contributed by atoms with Gasteiger partial charge in [0.05, 0.1) is 33.3 Å². The molecule has 4 aromatic rings. The van der Waals surface area contributed by atoms with Gasteiger partial charge in [0, 0.05) is 0 Å². The predicted molar refractivity (Wildman–Crippen MR) is 133 cm³/mol. The molecule has 1 heterocycles. The number of fused-ring (bicyclic) bond motifs is 1. The Morgan fingerprint density at radius 2 is 1.88 bits per heavy atom. The predicted octanol–water partition coefficient (Wildman–Crippen LogP) is 7.22. The number of nitrogens with zero attached hydrogens (tertiary/aromatic N) is 2. The van der Waals surface area contributed by atoms with Crippen molar-refractivity contribution < 1.29 is 9.47 Å². The fraction of sp³-hybridized carbons (Fsp3) is 0.154. The number of allylic oxidation sites excluding steroid dienone is 1. The summed E-state index contributed by atoms with van der Waals surface area (Å²) in [5, 5.41) is 10.7. The number of nitriles is 1. The van der Waals surface area contributed by atoms with Gasteiger partial charge in [0.25, 0.3) is 0 Å². The Balaban J connectivity index is 1.60. The third-order valence-electron chi connectivity index (χ3n) is 4.97. The molecule has 0 saturated heterocycles. The van der Waals surface area contributed by atoms with Crippen molar-refractivity contribution in [3.8, 4) is 17.6 Å². The summed E-state index contributed by atoms with van der Waals surface area (Å²) < 4.78 is 11.7. The minimum absolute atomic E-state index is 0.313. The number of benzene rings is 3. The van der Waals surface area contributed by atoms with Crippen molar-refractivity contribution in [2.75, 3.05) is 6.61 Å². The summed E-state index contributed by atoms with van der Waals surface area (Å²) in [4.78, 5) is 7.78. The molecule has 5 nitrogen and oxygen atoms in total. The number of hydrogen-bond acceptors (Lipinski definition) is 4. The summed E-state index contributed by atoms with van der Waals surface area (Å²) in [7, 11) is 0. The molecular formula is C26H21Cl2N3O2. The van der Waals surface area contributed by atoms with Crippen molar-refractivity contribution in [2.24, 2.45) is 0 Å². The third kappa shape index (κ3) is 5.31. The van der Waals surface area contributed by atoms with E-state index in [1.54, 1.807) is 18.2 Å². The third-order valence-corrected chi connectivity index (χ3v) is 5.71. The lowest BCUT2D eigenvalue weighted by atomic mass is 10.1. The van der Waals surface area contributed by atoms with Gasteiger partial charge in [-0.2, -0.15) is 5.26 Å². The number of halogens is 2. The molecule has 4 rings (SSSR count). The number of H-pyrrole nitrogens is 1. The van der Waals surface area contributed by atoms with Gasteiger partial charge in [0.1, 0.15) is 18.5 Å². The minimum Gasteiger partial charge on any atom is -0.490 e. The molecule has 1 aromatic heterocycles. The van der Waals surface area contributed by atoms with Crippen molar-refractivity contribution in [1.29, 1.82) is 5.26 Å². The van der Waals surface area contributed by atoms with Crippen molar-refractivity contribution >= 4 is 45.9 Å². The van der Waals surface area contributed by atoms with E-state index >= 15 is 0 Å². The first-order valence-electron chi connectivity index (χ1n) is 10.4. The summed E-state index contributed by atoms with van der Waals surface area (Å²) in [5.41, 5.74) is 4.95. The van der Waals surface area contributed by atoms with Crippen LogP contribution in [0.1, 0.15) is 29.4 Å². The lowest BCUT2D eigenvalue weighted by molar-refractivity contribution is 0.269. The number of hydrogen-bond donors (Lipinski definition) is 1. The van der Waals surface area contributed by atoms with E-state index in [2.05, 4.69) is 16.0 Å². The van der Waals surface area contributed by atoms with Crippen LogP contribution in [0.15, 0.2) is 54.6 Å². The molecule has 0 saturated carbocycles. The van der Waals surface area contributed by atoms with Crippen LogP contribution in [-0.2, 0) is 6.61 Å². The number of ether oxygens (including phenoxy) is 2. The van der Waals surface area contributed by atoms with E-state index in [9.17, 15) is 5.26 Å². The van der Waals surface area contributed by atoms with Crippen molar-refractivity contribution in [3.05, 3.63) is 87.2 Å². The Bertz CT molecular complexity index is 1390. The van der Waals surface area contributed by atoms with E-state index in [1.807, 2.05) is 56.3 Å². The normalized spacial score (nSPS) is 11.4. The molecule has 33 heavy (non-hydrogen) atoms. The number of aromatic amines is 1. The summed E-state index contributed by atoms with van der Waals surface area (Å²) in [6.45, 7) is 4.71. The van der Waals surface area contributed by atoms with Crippen LogP contribution >= 0.6 is 23.2 Å². The van der Waals surface area contributed by atoms with Crippen LogP contribution < -0.4 is 9.47 Å². The van der Waals surface area contributed by atoms with Crippen LogP contribution in [0.4, 0.5) is 0 Å². The zero-order valence-electron chi connectivity index (χ0n) is 18.2. The molecule has 0 amide bonds. The van der Waals surface area contributed by atoms with Crippen LogP contribution in [0.3, 0.4) is 0 Å². The maximum Gasteiger partial charge on any atom is 0.161 e. The molecule has 0 atom stereocenters. The fourth-order valence-corrected chi connectivity index (χ4v) is 3.68. The van der Waals surface area contributed by atoms with Crippen molar-refractivity contribution in [2.45, 2.75) is 20.5 Å². The number of aryl methyl sites for hydroxylation is 1. The molecule has 0 spiro atoms. The highest BCUT2D eigenvalue weighted by atomic mass is 35.5. The lowest BCUT2D eigenvalue weighted by Gasteiger charge is -2.13. The number of rotatable bonds is 7. The van der Waals surface area contributed by atoms with Gasteiger partial charge in [-0.1, -0.05) is 41.4 Å². The summed E-state index contributed by atoms with van der Waals surface area (Å²) in [5.74, 6) is 1.71. The van der Waals surface area contributed by atoms with Crippen LogP contribution in [0, 0.1) is 18.3 Å². The highest BCUT2D eigenvalue weighted by Gasteiger charge is 2.11. The van der Waals surface area contributed by atoms with Crippen LogP contribution in [0.5, 0.6) is 11.5 Å². The first-order chi connectivity index (χ1) is 16.0. The molecule has 1 N–H and O–H groups in total. The Kier molecular flexibility index (Phi) is 6.88. The Morgan fingerprint density at radius 3 is 2.64 bits per heavy atom. The van der Waals surface area contributed by atoms with E-state index < -0.39 is 0 Å². The average molecular weight is 478 g/mol. The molecule has 0 aliphatic carbocycles. The second-order valence-corrected chi connectivity index (χ2v) is 8.27. The Hall–Kier alpha value is -3.46. The monoisotopic (exact) mass is 477 g/mol. The molecule has 0 radical (unpaired) electrons. The summed E-state index contributed by atoms with van der Waals surface area (Å²) in [6, 6.07) is 19.1. The van der Waals surface area contributed by atoms with E-state index in [1.165, 1.54) is 0 Å². The maximum atomic E-state index is 9.75. The molecule has 166 valence electrons. The quantitative estimate of drug-likeness (QED) is 0.285. The zero-order chi connectivity index (χ0) is 23.4.